The van der Waals surface area contributed by atoms with Crippen molar-refractivity contribution < 1.29 is 9.90 Å². The molecule has 2 atom stereocenters. The molecule has 0 radical (unpaired) electrons. The summed E-state index contributed by atoms with van der Waals surface area (Å²) in [5.74, 6) is 0.367. The molecule has 0 heterocycles. The summed E-state index contributed by atoms with van der Waals surface area (Å²) in [5.41, 5.74) is -0.636. The maximum Gasteiger partial charge on any atom is 0.217 e. The van der Waals surface area contributed by atoms with Gasteiger partial charge in [-0.2, -0.15) is 0 Å². The van der Waals surface area contributed by atoms with E-state index in [0.29, 0.717) is 24.5 Å². The highest BCUT2D eigenvalue weighted by atomic mass is 16.3. The number of amides is 1. The van der Waals surface area contributed by atoms with Crippen molar-refractivity contribution in [3.05, 3.63) is 0 Å². The topological polar surface area (TPSA) is 61.4 Å². The molecule has 3 N–H and O–H groups in total. The number of rotatable bonds is 6. The largest absolute Gasteiger partial charge is 0.389 e. The molecule has 1 saturated carbocycles. The first kappa shape index (κ1) is 16.4. The average molecular weight is 270 g/mol. The average Bonchev–Trinajstić information content (AvgIpc) is 2.36. The van der Waals surface area contributed by atoms with Gasteiger partial charge in [0, 0.05) is 25.6 Å². The van der Waals surface area contributed by atoms with E-state index in [-0.39, 0.29) is 5.91 Å². The third-order valence-electron chi connectivity index (χ3n) is 4.56. The number of nitrogens with one attached hydrogen (secondary N) is 2. The van der Waals surface area contributed by atoms with Gasteiger partial charge in [-0.1, -0.05) is 20.3 Å². The van der Waals surface area contributed by atoms with E-state index in [1.165, 1.54) is 0 Å². The Morgan fingerprint density at radius 3 is 2.32 bits per heavy atom. The highest BCUT2D eigenvalue weighted by Gasteiger charge is 2.29. The minimum absolute atomic E-state index is 0.0658. The van der Waals surface area contributed by atoms with Crippen molar-refractivity contribution >= 4 is 5.91 Å². The molecule has 0 bridgehead atoms. The Morgan fingerprint density at radius 1 is 1.32 bits per heavy atom. The Balaban J connectivity index is 2.28. The van der Waals surface area contributed by atoms with Crippen LogP contribution in [0.2, 0.25) is 0 Å². The van der Waals surface area contributed by atoms with Crippen LogP contribution >= 0.6 is 0 Å². The maximum atomic E-state index is 11.0. The van der Waals surface area contributed by atoms with Gasteiger partial charge in [0.05, 0.1) is 5.60 Å². The molecule has 0 saturated heterocycles. The Labute approximate surface area is 117 Å². The fourth-order valence-corrected chi connectivity index (χ4v) is 2.69. The molecule has 0 aromatic heterocycles. The summed E-state index contributed by atoms with van der Waals surface area (Å²) < 4.78 is 0. The molecule has 1 amide bonds. The molecule has 1 aliphatic rings. The van der Waals surface area contributed by atoms with Gasteiger partial charge in [0.2, 0.25) is 5.91 Å². The Hall–Kier alpha value is -0.610. The first-order chi connectivity index (χ1) is 8.85. The lowest BCUT2D eigenvalue weighted by molar-refractivity contribution is -0.119. The summed E-state index contributed by atoms with van der Waals surface area (Å²) in [6.07, 6.45) is 5.19. The van der Waals surface area contributed by atoms with Crippen LogP contribution in [-0.4, -0.2) is 35.2 Å². The van der Waals surface area contributed by atoms with E-state index in [2.05, 4.69) is 24.5 Å². The van der Waals surface area contributed by atoms with Crippen molar-refractivity contribution in [2.45, 2.75) is 77.5 Å². The molecule has 112 valence electrons. The number of hydrogen-bond acceptors (Lipinski definition) is 3. The van der Waals surface area contributed by atoms with Crippen LogP contribution in [0.25, 0.3) is 0 Å². The van der Waals surface area contributed by atoms with Gasteiger partial charge in [0.25, 0.3) is 0 Å². The molecule has 0 aromatic carbocycles. The van der Waals surface area contributed by atoms with Gasteiger partial charge < -0.3 is 15.7 Å². The summed E-state index contributed by atoms with van der Waals surface area (Å²) >= 11 is 0. The summed E-state index contributed by atoms with van der Waals surface area (Å²) in [6, 6.07) is 0.811. The zero-order valence-electron chi connectivity index (χ0n) is 12.8. The van der Waals surface area contributed by atoms with E-state index in [0.717, 1.165) is 32.1 Å². The fourth-order valence-electron chi connectivity index (χ4n) is 2.69. The fraction of sp³-hybridized carbons (Fsp3) is 0.933. The van der Waals surface area contributed by atoms with Crippen molar-refractivity contribution in [2.75, 3.05) is 6.54 Å². The van der Waals surface area contributed by atoms with Crippen molar-refractivity contribution in [2.24, 2.45) is 5.92 Å². The lowest BCUT2D eigenvalue weighted by atomic mass is 9.87. The SMILES string of the molecule is CC[C@H](C)[C@](C)(O)CNC1CCC(NC(C)=O)CC1. The molecule has 1 fully saturated rings. The Kier molecular flexibility index (Phi) is 6.27. The van der Waals surface area contributed by atoms with E-state index in [9.17, 15) is 9.90 Å². The summed E-state index contributed by atoms with van der Waals surface area (Å²) in [5, 5.41) is 16.8. The quantitative estimate of drug-likeness (QED) is 0.690. The molecule has 1 rings (SSSR count). The maximum absolute atomic E-state index is 11.0. The van der Waals surface area contributed by atoms with Crippen LogP contribution < -0.4 is 10.6 Å². The summed E-state index contributed by atoms with van der Waals surface area (Å²) in [7, 11) is 0. The third-order valence-corrected chi connectivity index (χ3v) is 4.56. The van der Waals surface area contributed by atoms with Crippen molar-refractivity contribution in [1.29, 1.82) is 0 Å². The molecule has 1 aliphatic carbocycles. The van der Waals surface area contributed by atoms with Crippen LogP contribution in [0.15, 0.2) is 0 Å². The minimum Gasteiger partial charge on any atom is -0.389 e. The van der Waals surface area contributed by atoms with E-state index in [1.807, 2.05) is 6.92 Å². The van der Waals surface area contributed by atoms with E-state index >= 15 is 0 Å². The molecule has 0 aromatic rings. The normalized spacial score (nSPS) is 28.5. The van der Waals surface area contributed by atoms with Crippen LogP contribution in [-0.2, 0) is 4.79 Å². The Bertz CT molecular complexity index is 284. The molecule has 0 unspecified atom stereocenters. The lowest BCUT2D eigenvalue weighted by Crippen LogP contribution is -2.48. The van der Waals surface area contributed by atoms with Crippen LogP contribution in [0.5, 0.6) is 0 Å². The van der Waals surface area contributed by atoms with E-state index in [4.69, 9.17) is 0 Å². The second-order valence-corrected chi connectivity index (χ2v) is 6.30. The first-order valence-electron chi connectivity index (χ1n) is 7.58. The third kappa shape index (κ3) is 5.49. The van der Waals surface area contributed by atoms with Gasteiger partial charge in [-0.25, -0.2) is 0 Å². The van der Waals surface area contributed by atoms with Gasteiger partial charge in [0.15, 0.2) is 0 Å². The predicted octanol–water partition coefficient (Wildman–Crippen LogP) is 1.82. The Morgan fingerprint density at radius 2 is 1.84 bits per heavy atom. The predicted molar refractivity (Wildman–Crippen MR) is 77.9 cm³/mol. The van der Waals surface area contributed by atoms with Gasteiger partial charge in [0.1, 0.15) is 0 Å². The van der Waals surface area contributed by atoms with Crippen molar-refractivity contribution in [1.82, 2.24) is 10.6 Å². The molecule has 19 heavy (non-hydrogen) atoms. The number of carbonyl (C=O) groups excluding carboxylic acids is 1. The molecule has 0 aliphatic heterocycles. The van der Waals surface area contributed by atoms with Gasteiger partial charge in [-0.05, 0) is 38.5 Å². The second kappa shape index (κ2) is 7.25. The summed E-state index contributed by atoms with van der Waals surface area (Å²) in [4.78, 5) is 11.0. The highest BCUT2D eigenvalue weighted by Crippen LogP contribution is 2.22. The van der Waals surface area contributed by atoms with Gasteiger partial charge in [-0.3, -0.25) is 4.79 Å². The van der Waals surface area contributed by atoms with Crippen LogP contribution in [0.3, 0.4) is 0 Å². The molecular weight excluding hydrogens is 240 g/mol. The molecule has 0 spiro atoms. The zero-order chi connectivity index (χ0) is 14.5. The molecule has 4 heteroatoms. The molecule has 4 nitrogen and oxygen atoms in total. The number of aliphatic hydroxyl groups is 1. The van der Waals surface area contributed by atoms with Crippen LogP contribution in [0, 0.1) is 5.92 Å². The summed E-state index contributed by atoms with van der Waals surface area (Å²) in [6.45, 7) is 8.34. The standard InChI is InChI=1S/C15H30N2O2/c1-5-11(2)15(4,19)10-16-13-6-8-14(9-7-13)17-12(3)18/h11,13-14,16,19H,5-10H2,1-4H3,(H,17,18)/t11-,13?,14?,15+/m0/s1. The lowest BCUT2D eigenvalue weighted by Gasteiger charge is -2.34. The van der Waals surface area contributed by atoms with Crippen molar-refractivity contribution in [3.63, 3.8) is 0 Å². The van der Waals surface area contributed by atoms with E-state index in [1.54, 1.807) is 6.92 Å². The first-order valence-corrected chi connectivity index (χ1v) is 7.58. The smallest absolute Gasteiger partial charge is 0.217 e. The highest BCUT2D eigenvalue weighted by molar-refractivity contribution is 5.73. The van der Waals surface area contributed by atoms with Gasteiger partial charge in [-0.15, -0.1) is 0 Å². The van der Waals surface area contributed by atoms with Crippen LogP contribution in [0.4, 0.5) is 0 Å². The van der Waals surface area contributed by atoms with Crippen LogP contribution in [0.1, 0.15) is 59.8 Å². The van der Waals surface area contributed by atoms with E-state index < -0.39 is 5.60 Å². The second-order valence-electron chi connectivity index (χ2n) is 6.30. The van der Waals surface area contributed by atoms with Gasteiger partial charge >= 0.3 is 0 Å². The number of carbonyl (C=O) groups is 1. The molecular formula is C15H30N2O2. The zero-order valence-corrected chi connectivity index (χ0v) is 12.8. The number of hydrogen-bond donors (Lipinski definition) is 3. The minimum atomic E-state index is -0.636. The monoisotopic (exact) mass is 270 g/mol. The van der Waals surface area contributed by atoms with Crippen molar-refractivity contribution in [3.8, 4) is 0 Å².